The Labute approximate surface area is 157 Å². The lowest BCUT2D eigenvalue weighted by Gasteiger charge is -2.32. The number of morpholine rings is 1. The molecule has 2 aliphatic rings. The Hall–Kier alpha value is -2.67. The van der Waals surface area contributed by atoms with E-state index in [9.17, 15) is 9.59 Å². The van der Waals surface area contributed by atoms with Crippen LogP contribution in [0.15, 0.2) is 40.9 Å². The van der Waals surface area contributed by atoms with Crippen LogP contribution in [0.1, 0.15) is 18.5 Å². The second kappa shape index (κ2) is 7.92. The number of hydrogen-bond acceptors (Lipinski definition) is 5. The van der Waals surface area contributed by atoms with Crippen LogP contribution in [0.3, 0.4) is 0 Å². The maximum Gasteiger partial charge on any atom is 0.245 e. The molecule has 2 fully saturated rings. The maximum absolute atomic E-state index is 12.8. The number of likely N-dealkylation sites (tertiary alicyclic amines) is 1. The number of nitrogens with zero attached hydrogens (tertiary/aromatic N) is 3. The minimum atomic E-state index is -0.365. The molecule has 0 saturated carbocycles. The molecule has 2 aliphatic heterocycles. The van der Waals surface area contributed by atoms with Gasteiger partial charge in [-0.05, 0) is 12.8 Å². The molecule has 0 aliphatic carbocycles. The van der Waals surface area contributed by atoms with Crippen LogP contribution in [-0.4, -0.2) is 65.7 Å². The fraction of sp³-hybridized carbons (Fsp3) is 0.450. The second-order valence-corrected chi connectivity index (χ2v) is 6.91. The summed E-state index contributed by atoms with van der Waals surface area (Å²) in [5.41, 5.74) is 1.51. The zero-order valence-electron chi connectivity index (χ0n) is 15.2. The zero-order valence-corrected chi connectivity index (χ0v) is 15.2. The van der Waals surface area contributed by atoms with E-state index >= 15 is 0 Å². The van der Waals surface area contributed by atoms with Crippen molar-refractivity contribution >= 4 is 11.8 Å². The molecule has 3 heterocycles. The molecular weight excluding hydrogens is 346 g/mol. The highest BCUT2D eigenvalue weighted by Gasteiger charge is 2.37. The molecule has 0 spiro atoms. The Balaban J connectivity index is 1.41. The molecule has 4 rings (SSSR count). The Morgan fingerprint density at radius 1 is 1.11 bits per heavy atom. The third-order valence-corrected chi connectivity index (χ3v) is 5.13. The first-order valence-corrected chi connectivity index (χ1v) is 9.39. The van der Waals surface area contributed by atoms with Crippen molar-refractivity contribution in [3.8, 4) is 11.3 Å². The normalized spacial score (nSPS) is 20.1. The Bertz CT molecular complexity index is 799. The van der Waals surface area contributed by atoms with E-state index in [1.54, 1.807) is 11.0 Å². The highest BCUT2D eigenvalue weighted by molar-refractivity contribution is 5.89. The predicted molar refractivity (Wildman–Crippen MR) is 97.8 cm³/mol. The number of aromatic nitrogens is 1. The van der Waals surface area contributed by atoms with E-state index in [0.717, 1.165) is 18.4 Å². The van der Waals surface area contributed by atoms with Gasteiger partial charge in [-0.1, -0.05) is 35.5 Å². The smallest absolute Gasteiger partial charge is 0.245 e. The maximum atomic E-state index is 12.8. The van der Waals surface area contributed by atoms with E-state index < -0.39 is 0 Å². The molecule has 1 aromatic carbocycles. The van der Waals surface area contributed by atoms with Crippen molar-refractivity contribution in [2.24, 2.45) is 0 Å². The first kappa shape index (κ1) is 17.7. The van der Waals surface area contributed by atoms with Crippen LogP contribution in [0, 0.1) is 0 Å². The van der Waals surface area contributed by atoms with Gasteiger partial charge in [0.15, 0.2) is 5.76 Å². The summed E-state index contributed by atoms with van der Waals surface area (Å²) < 4.78 is 10.7. The summed E-state index contributed by atoms with van der Waals surface area (Å²) >= 11 is 0. The summed E-state index contributed by atoms with van der Waals surface area (Å²) in [6.07, 6.45) is 1.71. The third-order valence-electron chi connectivity index (χ3n) is 5.13. The molecule has 27 heavy (non-hydrogen) atoms. The second-order valence-electron chi connectivity index (χ2n) is 6.91. The van der Waals surface area contributed by atoms with Gasteiger partial charge in [0.2, 0.25) is 11.8 Å². The van der Waals surface area contributed by atoms with Crippen LogP contribution < -0.4 is 0 Å². The van der Waals surface area contributed by atoms with Gasteiger partial charge in [-0.15, -0.1) is 0 Å². The van der Waals surface area contributed by atoms with E-state index in [4.69, 9.17) is 9.26 Å². The van der Waals surface area contributed by atoms with Gasteiger partial charge >= 0.3 is 0 Å². The van der Waals surface area contributed by atoms with Gasteiger partial charge in [0.1, 0.15) is 6.04 Å². The molecule has 7 nitrogen and oxygen atoms in total. The van der Waals surface area contributed by atoms with Crippen LogP contribution >= 0.6 is 0 Å². The molecule has 2 aromatic rings. The SMILES string of the molecule is O=C([C@@H]1CCCN1C(=O)Cc1cc(-c2ccccc2)on1)N1CCOCC1. The van der Waals surface area contributed by atoms with Gasteiger partial charge in [-0.2, -0.15) is 0 Å². The van der Waals surface area contributed by atoms with Crippen LogP contribution in [0.4, 0.5) is 0 Å². The molecular formula is C20H23N3O4. The summed E-state index contributed by atoms with van der Waals surface area (Å²) in [5.74, 6) is 0.599. The van der Waals surface area contributed by atoms with Crippen molar-refractivity contribution in [3.05, 3.63) is 42.1 Å². The van der Waals surface area contributed by atoms with Crippen molar-refractivity contribution in [2.75, 3.05) is 32.8 Å². The van der Waals surface area contributed by atoms with Crippen LogP contribution in [-0.2, 0) is 20.7 Å². The average Bonchev–Trinajstić information content (AvgIpc) is 3.38. The van der Waals surface area contributed by atoms with Crippen molar-refractivity contribution in [1.29, 1.82) is 0 Å². The molecule has 142 valence electrons. The third kappa shape index (κ3) is 3.88. The Morgan fingerprint density at radius 2 is 1.89 bits per heavy atom. The van der Waals surface area contributed by atoms with Crippen LogP contribution in [0.5, 0.6) is 0 Å². The van der Waals surface area contributed by atoms with Gasteiger partial charge in [0, 0.05) is 31.3 Å². The standard InChI is InChI=1S/C20H23N3O4/c24-19(14-16-13-18(27-21-16)15-5-2-1-3-6-15)23-8-4-7-17(23)20(25)22-9-11-26-12-10-22/h1-3,5-6,13,17H,4,7-12,14H2/t17-/m0/s1. The summed E-state index contributed by atoms with van der Waals surface area (Å²) in [5, 5.41) is 4.03. The number of ether oxygens (including phenoxy) is 1. The van der Waals surface area contributed by atoms with Crippen molar-refractivity contribution in [1.82, 2.24) is 15.0 Å². The monoisotopic (exact) mass is 369 g/mol. The van der Waals surface area contributed by atoms with Crippen molar-refractivity contribution < 1.29 is 18.8 Å². The summed E-state index contributed by atoms with van der Waals surface area (Å²) in [6, 6.07) is 11.1. The van der Waals surface area contributed by atoms with Gasteiger partial charge in [-0.3, -0.25) is 9.59 Å². The molecule has 0 N–H and O–H groups in total. The van der Waals surface area contributed by atoms with Gasteiger partial charge in [-0.25, -0.2) is 0 Å². The highest BCUT2D eigenvalue weighted by Crippen LogP contribution is 2.23. The van der Waals surface area contributed by atoms with E-state index in [-0.39, 0.29) is 24.3 Å². The minimum Gasteiger partial charge on any atom is -0.378 e. The quantitative estimate of drug-likeness (QED) is 0.820. The highest BCUT2D eigenvalue weighted by atomic mass is 16.5. The summed E-state index contributed by atoms with van der Waals surface area (Å²) in [6.45, 7) is 2.94. The lowest BCUT2D eigenvalue weighted by Crippen LogP contribution is -2.51. The Morgan fingerprint density at radius 3 is 2.67 bits per heavy atom. The molecule has 1 aromatic heterocycles. The van der Waals surface area contributed by atoms with Crippen LogP contribution in [0.25, 0.3) is 11.3 Å². The average molecular weight is 369 g/mol. The minimum absolute atomic E-state index is 0.0364. The number of benzene rings is 1. The van der Waals surface area contributed by atoms with Gasteiger partial charge in [0.05, 0.1) is 25.3 Å². The number of rotatable bonds is 4. The van der Waals surface area contributed by atoms with E-state index in [1.807, 2.05) is 35.2 Å². The lowest BCUT2D eigenvalue weighted by molar-refractivity contribution is -0.146. The molecule has 0 bridgehead atoms. The molecule has 7 heteroatoms. The number of hydrogen-bond donors (Lipinski definition) is 0. The predicted octanol–water partition coefficient (Wildman–Crippen LogP) is 1.73. The summed E-state index contributed by atoms with van der Waals surface area (Å²) in [7, 11) is 0. The van der Waals surface area contributed by atoms with Crippen LogP contribution in [0.2, 0.25) is 0 Å². The van der Waals surface area contributed by atoms with Crippen molar-refractivity contribution in [2.45, 2.75) is 25.3 Å². The number of amides is 2. The Kier molecular flexibility index (Phi) is 5.20. The number of carbonyl (C=O) groups excluding carboxylic acids is 2. The van der Waals surface area contributed by atoms with E-state index in [2.05, 4.69) is 5.16 Å². The molecule has 1 atom stereocenters. The van der Waals surface area contributed by atoms with E-state index in [0.29, 0.717) is 44.3 Å². The molecule has 0 radical (unpaired) electrons. The first-order valence-electron chi connectivity index (χ1n) is 9.39. The lowest BCUT2D eigenvalue weighted by atomic mass is 10.1. The first-order chi connectivity index (χ1) is 13.2. The number of carbonyl (C=O) groups is 2. The van der Waals surface area contributed by atoms with Gasteiger partial charge in [0.25, 0.3) is 0 Å². The topological polar surface area (TPSA) is 75.9 Å². The fourth-order valence-corrected chi connectivity index (χ4v) is 3.71. The fourth-order valence-electron chi connectivity index (χ4n) is 3.71. The van der Waals surface area contributed by atoms with E-state index in [1.165, 1.54) is 0 Å². The largest absolute Gasteiger partial charge is 0.378 e. The summed E-state index contributed by atoms with van der Waals surface area (Å²) in [4.78, 5) is 29.1. The molecule has 2 amide bonds. The molecule has 0 unspecified atom stereocenters. The van der Waals surface area contributed by atoms with Gasteiger partial charge < -0.3 is 19.1 Å². The van der Waals surface area contributed by atoms with Crippen molar-refractivity contribution in [3.63, 3.8) is 0 Å². The zero-order chi connectivity index (χ0) is 18.6. The molecule has 2 saturated heterocycles.